The van der Waals surface area contributed by atoms with Gasteiger partial charge in [0.2, 0.25) is 0 Å². The molecule has 0 spiro atoms. The Morgan fingerprint density at radius 2 is 1.29 bits per heavy atom. The first-order chi connectivity index (χ1) is 7.91. The Kier molecular flexibility index (Phi) is 3.92. The Morgan fingerprint density at radius 1 is 0.882 bits per heavy atom. The summed E-state index contributed by atoms with van der Waals surface area (Å²) in [5, 5.41) is 2.03. The zero-order chi connectivity index (χ0) is 13.0. The molecule has 17 heavy (non-hydrogen) atoms. The lowest BCUT2D eigenvalue weighted by atomic mass is 10.3. The molecule has 0 saturated heterocycles. The largest absolute Gasteiger partial charge is 0.289 e. The fourth-order valence-electron chi connectivity index (χ4n) is 1.28. The van der Waals surface area contributed by atoms with E-state index >= 15 is 0 Å². The number of carbonyl (C=O) groups is 4. The van der Waals surface area contributed by atoms with Gasteiger partial charge in [0.25, 0.3) is 23.6 Å². The number of imide groups is 2. The lowest BCUT2D eigenvalue weighted by molar-refractivity contribution is -0.138. The van der Waals surface area contributed by atoms with Crippen LogP contribution in [0.2, 0.25) is 0 Å². The first kappa shape index (κ1) is 12.8. The van der Waals surface area contributed by atoms with Gasteiger partial charge in [-0.1, -0.05) is 0 Å². The van der Waals surface area contributed by atoms with Crippen LogP contribution in [0.4, 0.5) is 0 Å². The molecule has 2 aliphatic heterocycles. The highest BCUT2D eigenvalue weighted by Crippen LogP contribution is 2.07. The number of hydrogen-bond donors (Lipinski definition) is 1. The van der Waals surface area contributed by atoms with E-state index in [1.807, 2.05) is 19.2 Å². The molecule has 0 aliphatic carbocycles. The van der Waals surface area contributed by atoms with E-state index in [9.17, 15) is 19.2 Å². The summed E-state index contributed by atoms with van der Waals surface area (Å²) in [7, 11) is 0. The molecule has 90 valence electrons. The first-order valence-corrected chi connectivity index (χ1v) is 5.00. The first-order valence-electron chi connectivity index (χ1n) is 5.00. The second-order valence-corrected chi connectivity index (χ2v) is 3.66. The Balaban J connectivity index is 0.000000181. The number of hydrogen-bond acceptors (Lipinski definition) is 4. The van der Waals surface area contributed by atoms with Gasteiger partial charge in [-0.15, -0.1) is 0 Å². The summed E-state index contributed by atoms with van der Waals surface area (Å²) in [6, 6.07) is -0.0324. The minimum Gasteiger partial charge on any atom is -0.289 e. The summed E-state index contributed by atoms with van der Waals surface area (Å²) < 4.78 is 0. The lowest BCUT2D eigenvalue weighted by Crippen LogP contribution is -2.36. The summed E-state index contributed by atoms with van der Waals surface area (Å²) in [6.07, 6.45) is 4.98. The molecule has 0 saturated carbocycles. The SMILES string of the molecule is CC(C)N1C(=O)C=CC1=O.O=C1C=CC(=O)N1. The van der Waals surface area contributed by atoms with Gasteiger partial charge in [-0.3, -0.25) is 29.4 Å². The standard InChI is InChI=1S/C7H9NO2.C4H3NO2/c1-5(2)8-6(9)3-4-7(8)10;6-3-1-2-4(7)5-3/h3-5H,1-2H3;1-2H,(H,5,6,7). The molecule has 4 amide bonds. The molecule has 2 heterocycles. The van der Waals surface area contributed by atoms with E-state index in [4.69, 9.17) is 0 Å². The van der Waals surface area contributed by atoms with Crippen LogP contribution in [0.1, 0.15) is 13.8 Å². The quantitative estimate of drug-likeness (QED) is 0.623. The maximum atomic E-state index is 10.8. The van der Waals surface area contributed by atoms with Gasteiger partial charge in [0.15, 0.2) is 0 Å². The van der Waals surface area contributed by atoms with Crippen LogP contribution < -0.4 is 5.32 Å². The van der Waals surface area contributed by atoms with Crippen molar-refractivity contribution in [2.75, 3.05) is 0 Å². The van der Waals surface area contributed by atoms with Crippen molar-refractivity contribution in [3.05, 3.63) is 24.3 Å². The Bertz CT molecular complexity index is 401. The van der Waals surface area contributed by atoms with Gasteiger partial charge in [0, 0.05) is 30.3 Å². The number of rotatable bonds is 1. The van der Waals surface area contributed by atoms with Crippen molar-refractivity contribution < 1.29 is 19.2 Å². The Morgan fingerprint density at radius 3 is 1.47 bits per heavy atom. The zero-order valence-electron chi connectivity index (χ0n) is 9.47. The molecule has 2 aliphatic rings. The van der Waals surface area contributed by atoms with Crippen LogP contribution in [0.3, 0.4) is 0 Å². The summed E-state index contributed by atoms with van der Waals surface area (Å²) in [5.74, 6) is -1.07. The Labute approximate surface area is 98.0 Å². The van der Waals surface area contributed by atoms with Crippen LogP contribution >= 0.6 is 0 Å². The number of carbonyl (C=O) groups excluding carboxylic acids is 4. The number of nitrogens with one attached hydrogen (secondary N) is 1. The highest BCUT2D eigenvalue weighted by atomic mass is 16.2. The monoisotopic (exact) mass is 236 g/mol. The van der Waals surface area contributed by atoms with E-state index in [1.54, 1.807) is 0 Å². The summed E-state index contributed by atoms with van der Waals surface area (Å²) in [5.41, 5.74) is 0. The van der Waals surface area contributed by atoms with Gasteiger partial charge < -0.3 is 0 Å². The molecule has 0 radical (unpaired) electrons. The normalized spacial score (nSPS) is 17.7. The van der Waals surface area contributed by atoms with E-state index in [0.29, 0.717) is 0 Å². The fraction of sp³-hybridized carbons (Fsp3) is 0.273. The van der Waals surface area contributed by atoms with Crippen molar-refractivity contribution >= 4 is 23.6 Å². The predicted molar refractivity (Wildman–Crippen MR) is 58.4 cm³/mol. The average molecular weight is 236 g/mol. The van der Waals surface area contributed by atoms with Crippen LogP contribution in [0.25, 0.3) is 0 Å². The molecule has 1 N–H and O–H groups in total. The van der Waals surface area contributed by atoms with E-state index in [0.717, 1.165) is 0 Å². The van der Waals surface area contributed by atoms with Crippen molar-refractivity contribution in [1.82, 2.24) is 10.2 Å². The lowest BCUT2D eigenvalue weighted by Gasteiger charge is -2.17. The van der Waals surface area contributed by atoms with Gasteiger partial charge in [-0.05, 0) is 13.8 Å². The van der Waals surface area contributed by atoms with Gasteiger partial charge in [0.1, 0.15) is 0 Å². The van der Waals surface area contributed by atoms with Gasteiger partial charge in [-0.2, -0.15) is 0 Å². The second kappa shape index (κ2) is 5.20. The molecule has 6 heteroatoms. The van der Waals surface area contributed by atoms with Crippen LogP contribution in [0, 0.1) is 0 Å². The fourth-order valence-corrected chi connectivity index (χ4v) is 1.28. The molecule has 0 unspecified atom stereocenters. The minimum absolute atomic E-state index is 0.0324. The molecule has 6 nitrogen and oxygen atoms in total. The predicted octanol–water partition coefficient (Wildman–Crippen LogP) is -0.481. The third-order valence-corrected chi connectivity index (χ3v) is 1.99. The van der Waals surface area contributed by atoms with Crippen LogP contribution in [0.15, 0.2) is 24.3 Å². The zero-order valence-corrected chi connectivity index (χ0v) is 9.47. The minimum atomic E-state index is -0.329. The van der Waals surface area contributed by atoms with Crippen LogP contribution in [0.5, 0.6) is 0 Å². The molecule has 0 atom stereocenters. The average Bonchev–Trinajstić information content (AvgIpc) is 2.74. The van der Waals surface area contributed by atoms with E-state index < -0.39 is 0 Å². The summed E-state index contributed by atoms with van der Waals surface area (Å²) in [6.45, 7) is 3.62. The molecule has 0 aromatic carbocycles. The Hall–Kier alpha value is -2.24. The van der Waals surface area contributed by atoms with Crippen LogP contribution in [-0.4, -0.2) is 34.6 Å². The van der Waals surface area contributed by atoms with E-state index in [2.05, 4.69) is 0 Å². The second-order valence-electron chi connectivity index (χ2n) is 3.66. The van der Waals surface area contributed by atoms with Crippen molar-refractivity contribution in [2.45, 2.75) is 19.9 Å². The molecular formula is C11H12N2O4. The molecule has 0 aromatic heterocycles. The van der Waals surface area contributed by atoms with Gasteiger partial charge in [-0.25, -0.2) is 0 Å². The van der Waals surface area contributed by atoms with E-state index in [1.165, 1.54) is 29.2 Å². The van der Waals surface area contributed by atoms with Gasteiger partial charge >= 0.3 is 0 Å². The van der Waals surface area contributed by atoms with Crippen molar-refractivity contribution in [3.8, 4) is 0 Å². The highest BCUT2D eigenvalue weighted by molar-refractivity contribution is 6.13. The van der Waals surface area contributed by atoms with Crippen molar-refractivity contribution in [1.29, 1.82) is 0 Å². The van der Waals surface area contributed by atoms with Crippen molar-refractivity contribution in [3.63, 3.8) is 0 Å². The highest BCUT2D eigenvalue weighted by Gasteiger charge is 2.25. The van der Waals surface area contributed by atoms with Gasteiger partial charge in [0.05, 0.1) is 0 Å². The van der Waals surface area contributed by atoms with E-state index in [-0.39, 0.29) is 29.7 Å². The summed E-state index contributed by atoms with van der Waals surface area (Å²) >= 11 is 0. The van der Waals surface area contributed by atoms with Crippen molar-refractivity contribution in [2.24, 2.45) is 0 Å². The molecule has 2 rings (SSSR count). The topological polar surface area (TPSA) is 83.6 Å². The summed E-state index contributed by atoms with van der Waals surface area (Å²) in [4.78, 5) is 43.0. The molecule has 0 aromatic rings. The third-order valence-electron chi connectivity index (χ3n) is 1.99. The molecule has 0 bridgehead atoms. The maximum Gasteiger partial charge on any atom is 0.253 e. The smallest absolute Gasteiger partial charge is 0.253 e. The maximum absolute atomic E-state index is 10.8. The van der Waals surface area contributed by atoms with Crippen LogP contribution in [-0.2, 0) is 19.2 Å². The molecule has 0 fully saturated rings. The molecular weight excluding hydrogens is 224 g/mol. The number of nitrogens with zero attached hydrogens (tertiary/aromatic N) is 1. The number of amides is 4. The third kappa shape index (κ3) is 3.37.